The Bertz CT molecular complexity index is 1780. The summed E-state index contributed by atoms with van der Waals surface area (Å²) in [6.45, 7) is 0. The van der Waals surface area contributed by atoms with E-state index in [2.05, 4.69) is 48.8 Å². The first-order chi connectivity index (χ1) is 19.5. The normalized spacial score (nSPS) is 20.6. The van der Waals surface area contributed by atoms with Gasteiger partial charge in [0.05, 0.1) is 21.9 Å². The second-order valence-corrected chi connectivity index (χ2v) is 13.6. The predicted molar refractivity (Wildman–Crippen MR) is 151 cm³/mol. The highest BCUT2D eigenvalue weighted by Crippen LogP contribution is 2.41. The number of likely N-dealkylation sites (N-methyl/N-ethyl adjacent to an activating group) is 2. The van der Waals surface area contributed by atoms with E-state index in [9.17, 15) is 22.5 Å². The number of halogens is 2. The molecule has 11 nitrogen and oxygen atoms in total. The van der Waals surface area contributed by atoms with Crippen molar-refractivity contribution in [3.05, 3.63) is 29.5 Å². The zero-order valence-corrected chi connectivity index (χ0v) is 24.4. The molecule has 15 heteroatoms. The van der Waals surface area contributed by atoms with Crippen LogP contribution in [0, 0.1) is 11.3 Å². The van der Waals surface area contributed by atoms with Gasteiger partial charge in [-0.1, -0.05) is 30.2 Å². The Morgan fingerprint density at radius 3 is 2.51 bits per heavy atom. The lowest BCUT2D eigenvalue weighted by Crippen LogP contribution is -2.50. The third-order valence-electron chi connectivity index (χ3n) is 8.10. The average molecular weight is 602 g/mol. The first-order valence-electron chi connectivity index (χ1n) is 13.3. The molecule has 0 aliphatic heterocycles. The van der Waals surface area contributed by atoms with Crippen LogP contribution in [-0.2, 0) is 10.0 Å². The van der Waals surface area contributed by atoms with Gasteiger partial charge in [-0.05, 0) is 51.9 Å². The molecule has 0 amide bonds. The molecule has 2 aliphatic rings. The largest absolute Gasteiger partial charge is 0.354 e. The molecule has 0 saturated heterocycles. The molecule has 41 heavy (non-hydrogen) atoms. The van der Waals surface area contributed by atoms with E-state index in [1.54, 1.807) is 10.6 Å². The van der Waals surface area contributed by atoms with Gasteiger partial charge in [0.25, 0.3) is 6.43 Å². The number of aromatic nitrogens is 5. The summed E-state index contributed by atoms with van der Waals surface area (Å²) in [6.07, 6.45) is 3.77. The van der Waals surface area contributed by atoms with Crippen LogP contribution < -0.4 is 9.62 Å². The van der Waals surface area contributed by atoms with Gasteiger partial charge < -0.3 is 9.80 Å². The van der Waals surface area contributed by atoms with Crippen molar-refractivity contribution < 1.29 is 17.2 Å². The van der Waals surface area contributed by atoms with Gasteiger partial charge >= 0.3 is 0 Å². The molecule has 1 N–H and O–H groups in total. The maximum atomic E-state index is 13.5. The summed E-state index contributed by atoms with van der Waals surface area (Å²) in [5.41, 5.74) is -0.287. The van der Waals surface area contributed by atoms with Crippen LogP contribution in [-0.4, -0.2) is 76.8 Å². The van der Waals surface area contributed by atoms with E-state index in [-0.39, 0.29) is 16.1 Å². The highest BCUT2D eigenvalue weighted by atomic mass is 32.2. The van der Waals surface area contributed by atoms with E-state index in [0.29, 0.717) is 58.0 Å². The maximum Gasteiger partial charge on any atom is 0.291 e. The standard InChI is InChI=1S/C26H29F2N9O2S2/c1-35(2)17-6-4-5-7-18(17)36(3)22-20-16-9-8-15(41(38,39)34-26(13-29)10-11-26)12-19(16)37(23(20)31-14-30-22)25-33-32-24(40-25)21(27)28/h8-9,12,14,17-18,21,34H,4-7,10-11H2,1-3H3/t17-,18-/m0/s1. The van der Waals surface area contributed by atoms with Crippen LogP contribution in [0.25, 0.3) is 27.1 Å². The average Bonchev–Trinajstić information content (AvgIpc) is 3.39. The third-order valence-corrected chi connectivity index (χ3v) is 10.5. The molecule has 2 atom stereocenters. The number of sulfonamides is 1. The number of alkyl halides is 2. The quantitative estimate of drug-likeness (QED) is 0.318. The molecule has 2 saturated carbocycles. The summed E-state index contributed by atoms with van der Waals surface area (Å²) in [4.78, 5) is 13.5. The molecule has 0 radical (unpaired) electrons. The second kappa shape index (κ2) is 10.2. The SMILES string of the molecule is CN(C)[C@H]1CCCC[C@@H]1N(C)c1ncnc2c1c1ccc(S(=O)(=O)NC3(C#N)CC3)cc1n2-c1nnc(C(F)F)s1. The topological polar surface area (TPSA) is 133 Å². The van der Waals surface area contributed by atoms with E-state index in [0.717, 1.165) is 25.7 Å². The molecule has 3 aromatic heterocycles. The van der Waals surface area contributed by atoms with E-state index in [4.69, 9.17) is 0 Å². The number of anilines is 1. The summed E-state index contributed by atoms with van der Waals surface area (Å²) in [6, 6.07) is 7.14. The zero-order valence-electron chi connectivity index (χ0n) is 22.8. The Labute approximate surface area is 239 Å². The highest BCUT2D eigenvalue weighted by Gasteiger charge is 2.47. The summed E-state index contributed by atoms with van der Waals surface area (Å²) in [7, 11) is 2.09. The second-order valence-electron chi connectivity index (χ2n) is 10.9. The first kappa shape index (κ1) is 27.8. The molecule has 6 rings (SSSR count). The fraction of sp³-hybridized carbons (Fsp3) is 0.500. The van der Waals surface area contributed by atoms with Gasteiger partial charge in [0.1, 0.15) is 17.7 Å². The Kier molecular flexibility index (Phi) is 6.92. The van der Waals surface area contributed by atoms with Crippen molar-refractivity contribution in [2.75, 3.05) is 26.0 Å². The van der Waals surface area contributed by atoms with Gasteiger partial charge in [0.15, 0.2) is 10.7 Å². The lowest BCUT2D eigenvalue weighted by Gasteiger charge is -2.41. The van der Waals surface area contributed by atoms with Crippen LogP contribution in [0.15, 0.2) is 29.4 Å². The molecule has 1 aromatic carbocycles. The molecular weight excluding hydrogens is 572 g/mol. The zero-order chi connectivity index (χ0) is 29.1. The van der Waals surface area contributed by atoms with Crippen LogP contribution in [0.3, 0.4) is 0 Å². The number of hydrogen-bond donors (Lipinski definition) is 1. The molecule has 2 fully saturated rings. The van der Waals surface area contributed by atoms with Gasteiger partial charge in [0.2, 0.25) is 15.2 Å². The minimum Gasteiger partial charge on any atom is -0.354 e. The van der Waals surface area contributed by atoms with Gasteiger partial charge in [-0.25, -0.2) is 27.2 Å². The Morgan fingerprint density at radius 1 is 1.15 bits per heavy atom. The van der Waals surface area contributed by atoms with Crippen LogP contribution in [0.5, 0.6) is 0 Å². The number of nitriles is 1. The Hall–Kier alpha value is -3.32. The van der Waals surface area contributed by atoms with Crippen LogP contribution in [0.4, 0.5) is 14.6 Å². The summed E-state index contributed by atoms with van der Waals surface area (Å²) in [5, 5.41) is 18.1. The number of benzene rings is 1. The van der Waals surface area contributed by atoms with Crippen LogP contribution in [0.1, 0.15) is 50.0 Å². The van der Waals surface area contributed by atoms with Crippen molar-refractivity contribution in [1.29, 1.82) is 5.26 Å². The van der Waals surface area contributed by atoms with E-state index >= 15 is 0 Å². The number of nitrogens with zero attached hydrogens (tertiary/aromatic N) is 8. The first-order valence-corrected chi connectivity index (χ1v) is 15.6. The number of rotatable bonds is 8. The molecule has 0 unspecified atom stereocenters. The number of nitrogens with one attached hydrogen (secondary N) is 1. The smallest absolute Gasteiger partial charge is 0.291 e. The number of hydrogen-bond acceptors (Lipinski definition) is 10. The van der Waals surface area contributed by atoms with Crippen LogP contribution >= 0.6 is 11.3 Å². The van der Waals surface area contributed by atoms with Crippen molar-refractivity contribution in [2.45, 2.75) is 67.5 Å². The highest BCUT2D eigenvalue weighted by molar-refractivity contribution is 7.89. The third kappa shape index (κ3) is 4.82. The molecule has 2 aliphatic carbocycles. The predicted octanol–water partition coefficient (Wildman–Crippen LogP) is 4.01. The fourth-order valence-electron chi connectivity index (χ4n) is 5.81. The van der Waals surface area contributed by atoms with Gasteiger partial charge in [-0.15, -0.1) is 10.2 Å². The fourth-order valence-corrected chi connectivity index (χ4v) is 7.93. The van der Waals surface area contributed by atoms with Gasteiger partial charge in [0, 0.05) is 24.5 Å². The maximum absolute atomic E-state index is 13.5. The summed E-state index contributed by atoms with van der Waals surface area (Å²) >= 11 is 0.714. The van der Waals surface area contributed by atoms with Crippen molar-refractivity contribution in [1.82, 2.24) is 34.4 Å². The molecule has 3 heterocycles. The monoisotopic (exact) mass is 601 g/mol. The van der Waals surface area contributed by atoms with E-state index in [1.807, 2.05) is 13.1 Å². The lowest BCUT2D eigenvalue weighted by atomic mass is 9.88. The van der Waals surface area contributed by atoms with E-state index < -0.39 is 27.0 Å². The molecule has 4 aromatic rings. The summed E-state index contributed by atoms with van der Waals surface area (Å²) < 4.78 is 57.6. The van der Waals surface area contributed by atoms with Crippen molar-refractivity contribution >= 4 is 49.1 Å². The minimum absolute atomic E-state index is 0.0583. The molecule has 0 spiro atoms. The molecule has 0 bridgehead atoms. The van der Waals surface area contributed by atoms with Gasteiger partial charge in [-0.3, -0.25) is 4.57 Å². The minimum atomic E-state index is -4.05. The van der Waals surface area contributed by atoms with E-state index in [1.165, 1.54) is 18.5 Å². The lowest BCUT2D eigenvalue weighted by molar-refractivity contribution is 0.150. The van der Waals surface area contributed by atoms with Crippen molar-refractivity contribution in [3.63, 3.8) is 0 Å². The van der Waals surface area contributed by atoms with Crippen molar-refractivity contribution in [3.8, 4) is 11.2 Å². The molecular formula is C26H29F2N9O2S2. The van der Waals surface area contributed by atoms with Crippen LogP contribution in [0.2, 0.25) is 0 Å². The molecule has 216 valence electrons. The van der Waals surface area contributed by atoms with Crippen molar-refractivity contribution in [2.24, 2.45) is 0 Å². The Balaban J connectivity index is 1.56. The Morgan fingerprint density at radius 2 is 1.88 bits per heavy atom. The number of fused-ring (bicyclic) bond motifs is 3. The summed E-state index contributed by atoms with van der Waals surface area (Å²) in [5.74, 6) is 0.659. The van der Waals surface area contributed by atoms with Gasteiger partial charge in [-0.2, -0.15) is 9.98 Å².